The average molecular weight is 308 g/mol. The van der Waals surface area contributed by atoms with Crippen LogP contribution < -0.4 is 5.32 Å². The van der Waals surface area contributed by atoms with Crippen molar-refractivity contribution in [2.45, 2.75) is 17.7 Å². The number of benzene rings is 1. The topological polar surface area (TPSA) is 78.1 Å². The molecule has 1 aromatic heterocycles. The Balaban J connectivity index is 1.85. The lowest BCUT2D eigenvalue weighted by Crippen LogP contribution is -2.22. The first kappa shape index (κ1) is 15.5. The van der Waals surface area contributed by atoms with E-state index in [4.69, 9.17) is 0 Å². The van der Waals surface area contributed by atoms with Crippen molar-refractivity contribution in [3.05, 3.63) is 42.5 Å². The second kappa shape index (κ2) is 6.73. The molecule has 21 heavy (non-hydrogen) atoms. The Labute approximate surface area is 125 Å². The molecule has 0 aliphatic rings. The zero-order chi connectivity index (χ0) is 15.3. The van der Waals surface area contributed by atoms with Crippen molar-refractivity contribution in [1.29, 1.82) is 0 Å². The number of anilines is 1. The van der Waals surface area contributed by atoms with Gasteiger partial charge in [0.05, 0.1) is 4.90 Å². The van der Waals surface area contributed by atoms with Gasteiger partial charge in [-0.05, 0) is 30.7 Å². The van der Waals surface area contributed by atoms with Gasteiger partial charge in [-0.2, -0.15) is 0 Å². The van der Waals surface area contributed by atoms with E-state index < -0.39 is 10.0 Å². The van der Waals surface area contributed by atoms with Crippen LogP contribution in [-0.2, 0) is 16.4 Å². The van der Waals surface area contributed by atoms with Gasteiger partial charge in [0, 0.05) is 45.1 Å². The second-order valence-corrected chi connectivity index (χ2v) is 7.03. The van der Waals surface area contributed by atoms with Crippen LogP contribution in [0.25, 0.3) is 0 Å². The number of aryl methyl sites for hydroxylation is 1. The van der Waals surface area contributed by atoms with Crippen LogP contribution in [0, 0.1) is 0 Å². The van der Waals surface area contributed by atoms with E-state index in [-0.39, 0.29) is 0 Å². The summed E-state index contributed by atoms with van der Waals surface area (Å²) in [5, 5.41) is 3.26. The molecular formula is C14H20N4O2S. The van der Waals surface area contributed by atoms with E-state index in [0.717, 1.165) is 30.9 Å². The van der Waals surface area contributed by atoms with E-state index in [9.17, 15) is 8.42 Å². The van der Waals surface area contributed by atoms with E-state index in [0.29, 0.717) is 4.90 Å². The molecule has 6 nitrogen and oxygen atoms in total. The number of H-pyrrole nitrogens is 1. The largest absolute Gasteiger partial charge is 0.385 e. The number of rotatable bonds is 7. The van der Waals surface area contributed by atoms with Crippen LogP contribution in [0.4, 0.5) is 5.69 Å². The standard InChI is InChI=1S/C14H20N4O2S/c1-18(2)21(19,20)13-7-5-12(6-8-13)15-9-3-4-14-16-10-11-17-14/h5-8,10-11,15H,3-4,9H2,1-2H3,(H,16,17). The number of nitrogens with one attached hydrogen (secondary N) is 2. The number of hydrogen-bond donors (Lipinski definition) is 2. The van der Waals surface area contributed by atoms with Gasteiger partial charge in [0.1, 0.15) is 5.82 Å². The highest BCUT2D eigenvalue weighted by Gasteiger charge is 2.16. The lowest BCUT2D eigenvalue weighted by Gasteiger charge is -2.12. The summed E-state index contributed by atoms with van der Waals surface area (Å²) in [7, 11) is -0.307. The van der Waals surface area contributed by atoms with Crippen LogP contribution in [0.1, 0.15) is 12.2 Å². The van der Waals surface area contributed by atoms with Crippen molar-refractivity contribution in [3.8, 4) is 0 Å². The minimum atomic E-state index is -3.36. The van der Waals surface area contributed by atoms with Gasteiger partial charge in [-0.1, -0.05) is 0 Å². The highest BCUT2D eigenvalue weighted by Crippen LogP contribution is 2.16. The SMILES string of the molecule is CN(C)S(=O)(=O)c1ccc(NCCCc2ncc[nH]2)cc1. The first-order valence-corrected chi connectivity index (χ1v) is 8.19. The number of aromatic nitrogens is 2. The molecule has 0 saturated heterocycles. The van der Waals surface area contributed by atoms with Crippen molar-refractivity contribution in [1.82, 2.24) is 14.3 Å². The molecule has 0 bridgehead atoms. The molecule has 0 amide bonds. The van der Waals surface area contributed by atoms with Crippen LogP contribution >= 0.6 is 0 Å². The number of nitrogens with zero attached hydrogens (tertiary/aromatic N) is 2. The van der Waals surface area contributed by atoms with Crippen LogP contribution in [0.15, 0.2) is 41.6 Å². The van der Waals surface area contributed by atoms with Crippen LogP contribution in [0.2, 0.25) is 0 Å². The molecular weight excluding hydrogens is 288 g/mol. The van der Waals surface area contributed by atoms with Gasteiger partial charge in [0.25, 0.3) is 0 Å². The van der Waals surface area contributed by atoms with Crippen molar-refractivity contribution in [2.75, 3.05) is 26.0 Å². The molecule has 1 heterocycles. The lowest BCUT2D eigenvalue weighted by molar-refractivity contribution is 0.521. The summed E-state index contributed by atoms with van der Waals surface area (Å²) in [6.45, 7) is 0.806. The lowest BCUT2D eigenvalue weighted by atomic mass is 10.2. The summed E-state index contributed by atoms with van der Waals surface area (Å²) in [4.78, 5) is 7.52. The van der Waals surface area contributed by atoms with Crippen molar-refractivity contribution < 1.29 is 8.42 Å². The van der Waals surface area contributed by atoms with E-state index >= 15 is 0 Å². The third-order valence-corrected chi connectivity index (χ3v) is 4.94. The predicted octanol–water partition coefficient (Wildman–Crippen LogP) is 1.70. The number of hydrogen-bond acceptors (Lipinski definition) is 4. The fraction of sp³-hybridized carbons (Fsp3) is 0.357. The molecule has 2 aromatic rings. The van der Waals surface area contributed by atoms with Crippen LogP contribution in [0.5, 0.6) is 0 Å². The van der Waals surface area contributed by atoms with Crippen LogP contribution in [-0.4, -0.2) is 43.3 Å². The van der Waals surface area contributed by atoms with Gasteiger partial charge in [0.2, 0.25) is 10.0 Å². The Bertz CT molecular complexity index is 649. The quantitative estimate of drug-likeness (QED) is 0.763. The summed E-state index contributed by atoms with van der Waals surface area (Å²) in [5.74, 6) is 0.976. The molecule has 0 spiro atoms. The van der Waals surface area contributed by atoms with E-state index in [2.05, 4.69) is 15.3 Å². The monoisotopic (exact) mass is 308 g/mol. The maximum atomic E-state index is 11.9. The highest BCUT2D eigenvalue weighted by molar-refractivity contribution is 7.89. The maximum Gasteiger partial charge on any atom is 0.242 e. The van der Waals surface area contributed by atoms with Crippen molar-refractivity contribution >= 4 is 15.7 Å². The summed E-state index contributed by atoms with van der Waals surface area (Å²) >= 11 is 0. The van der Waals surface area contributed by atoms with Gasteiger partial charge in [0.15, 0.2) is 0 Å². The number of imidazole rings is 1. The third-order valence-electron chi connectivity index (χ3n) is 3.11. The van der Waals surface area contributed by atoms with E-state index in [1.807, 2.05) is 6.20 Å². The predicted molar refractivity (Wildman–Crippen MR) is 82.7 cm³/mol. The summed E-state index contributed by atoms with van der Waals surface area (Å²) in [6, 6.07) is 6.79. The zero-order valence-electron chi connectivity index (χ0n) is 12.2. The Morgan fingerprint density at radius 1 is 1.24 bits per heavy atom. The first-order chi connectivity index (χ1) is 10.00. The molecule has 2 N–H and O–H groups in total. The van der Waals surface area contributed by atoms with Gasteiger partial charge in [-0.15, -0.1) is 0 Å². The Morgan fingerprint density at radius 3 is 2.52 bits per heavy atom. The van der Waals surface area contributed by atoms with Gasteiger partial charge >= 0.3 is 0 Å². The molecule has 0 aliphatic carbocycles. The summed E-state index contributed by atoms with van der Waals surface area (Å²) in [6.07, 6.45) is 5.39. The molecule has 0 unspecified atom stereocenters. The van der Waals surface area contributed by atoms with Gasteiger partial charge in [-0.3, -0.25) is 0 Å². The summed E-state index contributed by atoms with van der Waals surface area (Å²) < 4.78 is 25.1. The number of sulfonamides is 1. The maximum absolute atomic E-state index is 11.9. The third kappa shape index (κ3) is 4.05. The highest BCUT2D eigenvalue weighted by atomic mass is 32.2. The molecule has 0 radical (unpaired) electrons. The van der Waals surface area contributed by atoms with Crippen LogP contribution in [0.3, 0.4) is 0 Å². The smallest absolute Gasteiger partial charge is 0.242 e. The fourth-order valence-electron chi connectivity index (χ4n) is 1.88. The average Bonchev–Trinajstić information content (AvgIpc) is 2.97. The van der Waals surface area contributed by atoms with Gasteiger partial charge < -0.3 is 10.3 Å². The molecule has 1 aromatic carbocycles. The minimum Gasteiger partial charge on any atom is -0.385 e. The van der Waals surface area contributed by atoms with E-state index in [1.165, 1.54) is 18.4 Å². The Kier molecular flexibility index (Phi) is 4.98. The molecule has 2 rings (SSSR count). The molecule has 0 aliphatic heterocycles. The molecule has 0 atom stereocenters. The Morgan fingerprint density at radius 2 is 1.95 bits per heavy atom. The Hall–Kier alpha value is -1.86. The minimum absolute atomic E-state index is 0.300. The van der Waals surface area contributed by atoms with Gasteiger partial charge in [-0.25, -0.2) is 17.7 Å². The second-order valence-electron chi connectivity index (χ2n) is 4.88. The van der Waals surface area contributed by atoms with E-state index in [1.54, 1.807) is 30.5 Å². The molecule has 0 saturated carbocycles. The summed E-state index contributed by atoms with van der Waals surface area (Å²) in [5.41, 5.74) is 0.909. The molecule has 114 valence electrons. The fourth-order valence-corrected chi connectivity index (χ4v) is 2.78. The first-order valence-electron chi connectivity index (χ1n) is 6.75. The molecule has 7 heteroatoms. The normalized spacial score (nSPS) is 11.8. The molecule has 0 fully saturated rings. The van der Waals surface area contributed by atoms with Crippen molar-refractivity contribution in [3.63, 3.8) is 0 Å². The number of aromatic amines is 1. The van der Waals surface area contributed by atoms with Crippen molar-refractivity contribution in [2.24, 2.45) is 0 Å². The zero-order valence-corrected chi connectivity index (χ0v) is 13.0.